The van der Waals surface area contributed by atoms with Crippen LogP contribution in [0.5, 0.6) is 0 Å². The molecule has 2 aliphatic heterocycles. The molecule has 1 aromatic rings. The average molecular weight is 309 g/mol. The van der Waals surface area contributed by atoms with Gasteiger partial charge in [0.2, 0.25) is 0 Å². The third-order valence-corrected chi connectivity index (χ3v) is 5.02. The van der Waals surface area contributed by atoms with Gasteiger partial charge in [-0.2, -0.15) is 0 Å². The van der Waals surface area contributed by atoms with Gasteiger partial charge in [-0.3, -0.25) is 4.90 Å². The van der Waals surface area contributed by atoms with Crippen molar-refractivity contribution in [3.05, 3.63) is 22.8 Å². The Morgan fingerprint density at radius 1 is 1.38 bits per heavy atom. The fourth-order valence-electron chi connectivity index (χ4n) is 3.51. The normalized spacial score (nSPS) is 26.1. The first kappa shape index (κ1) is 15.1. The molecule has 2 fully saturated rings. The van der Waals surface area contributed by atoms with E-state index in [4.69, 9.17) is 16.6 Å². The number of rotatable bonds is 4. The van der Waals surface area contributed by atoms with Gasteiger partial charge >= 0.3 is 0 Å². The first-order valence-corrected chi connectivity index (χ1v) is 8.43. The predicted octanol–water partition coefficient (Wildman–Crippen LogP) is 2.52. The maximum absolute atomic E-state index is 6.27. The van der Waals surface area contributed by atoms with Crippen molar-refractivity contribution in [2.45, 2.75) is 45.3 Å². The van der Waals surface area contributed by atoms with Gasteiger partial charge in [0.05, 0.1) is 10.7 Å². The van der Waals surface area contributed by atoms with Crippen molar-refractivity contribution in [2.24, 2.45) is 0 Å². The van der Waals surface area contributed by atoms with Crippen molar-refractivity contribution in [1.82, 2.24) is 15.2 Å². The second-order valence-electron chi connectivity index (χ2n) is 6.17. The lowest BCUT2D eigenvalue weighted by atomic mass is 10.1. The monoisotopic (exact) mass is 308 g/mol. The van der Waals surface area contributed by atoms with Crippen LogP contribution in [0.4, 0.5) is 5.82 Å². The number of halogens is 1. The molecule has 2 unspecified atom stereocenters. The van der Waals surface area contributed by atoms with Gasteiger partial charge < -0.3 is 10.2 Å². The van der Waals surface area contributed by atoms with Gasteiger partial charge in [0, 0.05) is 31.7 Å². The van der Waals surface area contributed by atoms with Crippen molar-refractivity contribution in [3.63, 3.8) is 0 Å². The Bertz CT molecular complexity index is 493. The maximum Gasteiger partial charge on any atom is 0.129 e. The molecule has 21 heavy (non-hydrogen) atoms. The number of anilines is 1. The molecular weight excluding hydrogens is 284 g/mol. The van der Waals surface area contributed by atoms with Crippen LogP contribution in [0.3, 0.4) is 0 Å². The summed E-state index contributed by atoms with van der Waals surface area (Å²) in [4.78, 5) is 9.90. The molecule has 5 heteroatoms. The molecule has 1 N–H and O–H groups in total. The third kappa shape index (κ3) is 3.17. The lowest BCUT2D eigenvalue weighted by Gasteiger charge is -2.43. The highest BCUT2D eigenvalue weighted by Gasteiger charge is 2.34. The van der Waals surface area contributed by atoms with Crippen LogP contribution in [-0.2, 0) is 6.54 Å². The van der Waals surface area contributed by atoms with E-state index >= 15 is 0 Å². The van der Waals surface area contributed by atoms with Gasteiger partial charge in [-0.05, 0) is 45.0 Å². The summed E-state index contributed by atoms with van der Waals surface area (Å²) in [6.07, 6.45) is 2.66. The van der Waals surface area contributed by atoms with Crippen LogP contribution >= 0.6 is 11.6 Å². The van der Waals surface area contributed by atoms with E-state index < -0.39 is 0 Å². The van der Waals surface area contributed by atoms with E-state index in [9.17, 15) is 0 Å². The molecule has 0 spiro atoms. The van der Waals surface area contributed by atoms with E-state index in [1.165, 1.54) is 19.4 Å². The highest BCUT2D eigenvalue weighted by Crippen LogP contribution is 2.28. The van der Waals surface area contributed by atoms with E-state index in [1.54, 1.807) is 0 Å². The largest absolute Gasteiger partial charge is 0.351 e. The number of pyridine rings is 1. The van der Waals surface area contributed by atoms with Crippen LogP contribution < -0.4 is 10.2 Å². The topological polar surface area (TPSA) is 31.4 Å². The maximum atomic E-state index is 6.27. The smallest absolute Gasteiger partial charge is 0.129 e. The number of nitrogens with zero attached hydrogens (tertiary/aromatic N) is 3. The van der Waals surface area contributed by atoms with Crippen molar-refractivity contribution in [1.29, 1.82) is 0 Å². The van der Waals surface area contributed by atoms with Crippen LogP contribution in [0.1, 0.15) is 32.4 Å². The highest BCUT2D eigenvalue weighted by atomic mass is 35.5. The zero-order valence-electron chi connectivity index (χ0n) is 13.0. The Balaban J connectivity index is 1.79. The van der Waals surface area contributed by atoms with E-state index in [1.807, 2.05) is 6.07 Å². The van der Waals surface area contributed by atoms with E-state index in [0.29, 0.717) is 12.1 Å². The Labute approximate surface area is 132 Å². The molecular formula is C16H25ClN4. The molecule has 3 heterocycles. The lowest BCUT2D eigenvalue weighted by molar-refractivity contribution is 0.202. The van der Waals surface area contributed by atoms with Gasteiger partial charge in [0.15, 0.2) is 0 Å². The molecule has 2 atom stereocenters. The van der Waals surface area contributed by atoms with Gasteiger partial charge in [-0.1, -0.05) is 18.5 Å². The van der Waals surface area contributed by atoms with Crippen molar-refractivity contribution >= 4 is 17.4 Å². The standard InChI is InChI=1S/C16H25ClN4/c1-3-18-9-15-14(17)6-7-16(19-15)21-11-13-5-4-8-20(13)10-12(21)2/h6-7,12-13,18H,3-5,8-11H2,1-2H3. The SMILES string of the molecule is CCNCc1nc(N2CC3CCCN3CC2C)ccc1Cl. The summed E-state index contributed by atoms with van der Waals surface area (Å²) < 4.78 is 0. The van der Waals surface area contributed by atoms with Crippen LogP contribution in [-0.4, -0.2) is 48.1 Å². The fourth-order valence-corrected chi connectivity index (χ4v) is 3.68. The third-order valence-electron chi connectivity index (χ3n) is 4.68. The average Bonchev–Trinajstić information content (AvgIpc) is 2.93. The van der Waals surface area contributed by atoms with Crippen molar-refractivity contribution in [2.75, 3.05) is 31.1 Å². The van der Waals surface area contributed by atoms with Crippen LogP contribution in [0.15, 0.2) is 12.1 Å². The number of hydrogen-bond acceptors (Lipinski definition) is 4. The molecule has 0 bridgehead atoms. The molecule has 2 saturated heterocycles. The molecule has 0 aliphatic carbocycles. The fraction of sp³-hybridized carbons (Fsp3) is 0.688. The van der Waals surface area contributed by atoms with Crippen LogP contribution in [0.2, 0.25) is 5.02 Å². The lowest BCUT2D eigenvalue weighted by Crippen LogP contribution is -2.55. The number of hydrogen-bond donors (Lipinski definition) is 1. The number of piperazine rings is 1. The van der Waals surface area contributed by atoms with Crippen molar-refractivity contribution in [3.8, 4) is 0 Å². The molecule has 2 aliphatic rings. The quantitative estimate of drug-likeness (QED) is 0.926. The summed E-state index contributed by atoms with van der Waals surface area (Å²) in [7, 11) is 0. The summed E-state index contributed by atoms with van der Waals surface area (Å²) in [5.74, 6) is 1.08. The summed E-state index contributed by atoms with van der Waals surface area (Å²) in [6, 6.07) is 5.28. The molecule has 0 aromatic carbocycles. The molecule has 4 nitrogen and oxygen atoms in total. The van der Waals surface area contributed by atoms with Crippen LogP contribution in [0, 0.1) is 0 Å². The number of fused-ring (bicyclic) bond motifs is 1. The minimum atomic E-state index is 0.514. The van der Waals surface area contributed by atoms with Gasteiger partial charge in [-0.15, -0.1) is 0 Å². The Morgan fingerprint density at radius 2 is 2.24 bits per heavy atom. The first-order chi connectivity index (χ1) is 10.2. The number of nitrogens with one attached hydrogen (secondary N) is 1. The molecule has 0 amide bonds. The number of aromatic nitrogens is 1. The van der Waals surface area contributed by atoms with Gasteiger partial charge in [0.1, 0.15) is 5.82 Å². The zero-order valence-corrected chi connectivity index (χ0v) is 13.7. The highest BCUT2D eigenvalue weighted by molar-refractivity contribution is 6.31. The first-order valence-electron chi connectivity index (χ1n) is 8.06. The van der Waals surface area contributed by atoms with Crippen LogP contribution in [0.25, 0.3) is 0 Å². The van der Waals surface area contributed by atoms with E-state index in [2.05, 4.69) is 35.0 Å². The minimum absolute atomic E-state index is 0.514. The minimum Gasteiger partial charge on any atom is -0.351 e. The zero-order chi connectivity index (χ0) is 14.8. The summed E-state index contributed by atoms with van der Waals surface area (Å²) in [5.41, 5.74) is 0.956. The van der Waals surface area contributed by atoms with E-state index in [-0.39, 0.29) is 0 Å². The van der Waals surface area contributed by atoms with Gasteiger partial charge in [0.25, 0.3) is 0 Å². The second-order valence-corrected chi connectivity index (χ2v) is 6.58. The molecule has 116 valence electrons. The molecule has 1 aromatic heterocycles. The second kappa shape index (κ2) is 6.51. The molecule has 0 saturated carbocycles. The summed E-state index contributed by atoms with van der Waals surface area (Å²) >= 11 is 6.27. The molecule has 3 rings (SSSR count). The summed E-state index contributed by atoms with van der Waals surface area (Å²) in [6.45, 7) is 9.57. The van der Waals surface area contributed by atoms with Crippen molar-refractivity contribution < 1.29 is 0 Å². The van der Waals surface area contributed by atoms with Gasteiger partial charge in [-0.25, -0.2) is 4.98 Å². The predicted molar refractivity (Wildman–Crippen MR) is 88.0 cm³/mol. The Kier molecular flexibility index (Phi) is 4.67. The Morgan fingerprint density at radius 3 is 3.05 bits per heavy atom. The molecule has 0 radical (unpaired) electrons. The van der Waals surface area contributed by atoms with E-state index in [0.717, 1.165) is 42.7 Å². The Hall–Kier alpha value is -0.840. The summed E-state index contributed by atoms with van der Waals surface area (Å²) in [5, 5.41) is 4.07.